The summed E-state index contributed by atoms with van der Waals surface area (Å²) in [5.41, 5.74) is 3.12. The van der Waals surface area contributed by atoms with E-state index in [1.54, 1.807) is 27.4 Å². The zero-order chi connectivity index (χ0) is 22.1. The van der Waals surface area contributed by atoms with Crippen LogP contribution < -0.4 is 4.90 Å². The highest BCUT2D eigenvalue weighted by Crippen LogP contribution is 2.32. The molecule has 3 aromatic rings. The van der Waals surface area contributed by atoms with Gasteiger partial charge in [-0.2, -0.15) is 4.31 Å². The minimum atomic E-state index is -3.47. The second kappa shape index (κ2) is 8.52. The molecule has 3 heterocycles. The van der Waals surface area contributed by atoms with Crippen molar-refractivity contribution in [2.24, 2.45) is 0 Å². The Morgan fingerprint density at radius 2 is 1.78 bits per heavy atom. The van der Waals surface area contributed by atoms with E-state index in [2.05, 4.69) is 4.98 Å². The van der Waals surface area contributed by atoms with Crippen molar-refractivity contribution in [3.63, 3.8) is 0 Å². The predicted octanol–water partition coefficient (Wildman–Crippen LogP) is 3.65. The number of aryl methyl sites for hydroxylation is 1. The maximum Gasteiger partial charge on any atom is 0.243 e. The van der Waals surface area contributed by atoms with E-state index in [4.69, 9.17) is 4.42 Å². The molecular weight excluding hydrogens is 426 g/mol. The van der Waals surface area contributed by atoms with Crippen molar-refractivity contribution in [1.29, 1.82) is 0 Å². The number of aromatic nitrogens is 1. The Morgan fingerprint density at radius 3 is 2.56 bits per heavy atom. The number of carbonyl (C=O) groups is 1. The van der Waals surface area contributed by atoms with Gasteiger partial charge in [0.05, 0.1) is 17.0 Å². The molecule has 8 heteroatoms. The number of hydrogen-bond donors (Lipinski definition) is 0. The summed E-state index contributed by atoms with van der Waals surface area (Å²) in [7, 11) is -3.47. The first-order valence-corrected chi connectivity index (χ1v) is 12.4. The lowest BCUT2D eigenvalue weighted by Gasteiger charge is -2.30. The van der Waals surface area contributed by atoms with Gasteiger partial charge in [0.1, 0.15) is 6.26 Å². The van der Waals surface area contributed by atoms with Crippen molar-refractivity contribution in [3.8, 4) is 11.5 Å². The van der Waals surface area contributed by atoms with Gasteiger partial charge in [0.25, 0.3) is 0 Å². The van der Waals surface area contributed by atoms with Crippen LogP contribution in [0.2, 0.25) is 0 Å². The normalized spacial score (nSPS) is 16.8. The predicted molar refractivity (Wildman–Crippen MR) is 121 cm³/mol. The van der Waals surface area contributed by atoms with E-state index in [0.29, 0.717) is 36.1 Å². The fourth-order valence-corrected chi connectivity index (χ4v) is 5.99. The third-order valence-corrected chi connectivity index (χ3v) is 7.97. The minimum Gasteiger partial charge on any atom is -0.444 e. The molecule has 1 saturated heterocycles. The fourth-order valence-electron chi connectivity index (χ4n) is 4.42. The van der Waals surface area contributed by atoms with Crippen molar-refractivity contribution in [1.82, 2.24) is 9.29 Å². The molecule has 1 fully saturated rings. The Kier molecular flexibility index (Phi) is 5.57. The average Bonchev–Trinajstić information content (AvgIpc) is 3.52. The van der Waals surface area contributed by atoms with Crippen LogP contribution in [0.25, 0.3) is 11.5 Å². The van der Waals surface area contributed by atoms with Crippen LogP contribution in [0.15, 0.2) is 64.1 Å². The van der Waals surface area contributed by atoms with Gasteiger partial charge in [0, 0.05) is 30.9 Å². The van der Waals surface area contributed by atoms with Crippen LogP contribution in [-0.4, -0.2) is 43.2 Å². The number of benzene rings is 2. The number of oxazole rings is 1. The van der Waals surface area contributed by atoms with Crippen LogP contribution in [0.5, 0.6) is 0 Å². The smallest absolute Gasteiger partial charge is 0.243 e. The summed E-state index contributed by atoms with van der Waals surface area (Å²) in [5, 5.41) is 0. The van der Waals surface area contributed by atoms with Crippen molar-refractivity contribution >= 4 is 21.6 Å². The maximum absolute atomic E-state index is 13.1. The molecule has 2 aromatic carbocycles. The van der Waals surface area contributed by atoms with Gasteiger partial charge in [-0.05, 0) is 61.6 Å². The molecule has 32 heavy (non-hydrogen) atoms. The molecule has 0 saturated carbocycles. The van der Waals surface area contributed by atoms with Crippen molar-refractivity contribution < 1.29 is 17.6 Å². The lowest BCUT2D eigenvalue weighted by atomic mass is 10.0. The molecule has 7 nitrogen and oxygen atoms in total. The van der Waals surface area contributed by atoms with Crippen molar-refractivity contribution in [2.45, 2.75) is 37.0 Å². The second-order valence-corrected chi connectivity index (χ2v) is 10.2. The van der Waals surface area contributed by atoms with E-state index >= 15 is 0 Å². The van der Waals surface area contributed by atoms with Gasteiger partial charge in [-0.3, -0.25) is 4.79 Å². The zero-order valence-electron chi connectivity index (χ0n) is 17.7. The molecule has 1 amide bonds. The number of carbonyl (C=O) groups excluding carboxylic acids is 1. The standard InChI is InChI=1S/C24H25N3O4S/c28-23(16-20-17-31-24(25-20)18-7-2-1-3-8-18)27-14-6-9-19-15-21(10-11-22(19)27)32(29,30)26-12-4-5-13-26/h1-3,7-8,10-11,15,17H,4-6,9,12-14,16H2. The topological polar surface area (TPSA) is 83.7 Å². The summed E-state index contributed by atoms with van der Waals surface area (Å²) in [5.74, 6) is 0.415. The van der Waals surface area contributed by atoms with E-state index in [9.17, 15) is 13.2 Å². The molecule has 5 rings (SSSR count). The first-order chi connectivity index (χ1) is 15.5. The molecule has 0 unspecified atom stereocenters. The number of sulfonamides is 1. The largest absolute Gasteiger partial charge is 0.444 e. The number of amides is 1. The van der Waals surface area contributed by atoms with Crippen LogP contribution in [0.1, 0.15) is 30.5 Å². The van der Waals surface area contributed by atoms with Gasteiger partial charge < -0.3 is 9.32 Å². The number of hydrogen-bond acceptors (Lipinski definition) is 5. The molecular formula is C24H25N3O4S. The number of rotatable bonds is 5. The van der Waals surface area contributed by atoms with Gasteiger partial charge in [0.15, 0.2) is 0 Å². The molecule has 0 atom stereocenters. The van der Waals surface area contributed by atoms with Crippen molar-refractivity contribution in [3.05, 3.63) is 66.1 Å². The van der Waals surface area contributed by atoms with Gasteiger partial charge in [-0.25, -0.2) is 13.4 Å². The molecule has 0 bridgehead atoms. The summed E-state index contributed by atoms with van der Waals surface area (Å²) < 4.78 is 33.0. The number of anilines is 1. The van der Waals surface area contributed by atoms with Crippen LogP contribution in [0, 0.1) is 0 Å². The second-order valence-electron chi connectivity index (χ2n) is 8.24. The monoisotopic (exact) mass is 451 g/mol. The first-order valence-electron chi connectivity index (χ1n) is 11.0. The molecule has 2 aliphatic heterocycles. The minimum absolute atomic E-state index is 0.0750. The van der Waals surface area contributed by atoms with Gasteiger partial charge >= 0.3 is 0 Å². The van der Waals surface area contributed by atoms with Crippen LogP contribution in [0.3, 0.4) is 0 Å². The Bertz CT molecular complexity index is 1230. The van der Waals surface area contributed by atoms with Gasteiger partial charge in [0.2, 0.25) is 21.8 Å². The molecule has 0 spiro atoms. The summed E-state index contributed by atoms with van der Waals surface area (Å²) in [6.45, 7) is 1.76. The highest BCUT2D eigenvalue weighted by Gasteiger charge is 2.30. The fraction of sp³-hybridized carbons (Fsp3) is 0.333. The number of nitrogens with zero attached hydrogens (tertiary/aromatic N) is 3. The molecule has 1 aromatic heterocycles. The maximum atomic E-state index is 13.1. The summed E-state index contributed by atoms with van der Waals surface area (Å²) in [6.07, 6.45) is 5.01. The molecule has 0 aliphatic carbocycles. The highest BCUT2D eigenvalue weighted by atomic mass is 32.2. The van der Waals surface area contributed by atoms with Crippen molar-refractivity contribution in [2.75, 3.05) is 24.5 Å². The van der Waals surface area contributed by atoms with E-state index in [1.807, 2.05) is 30.3 Å². The van der Waals surface area contributed by atoms with Gasteiger partial charge in [-0.15, -0.1) is 0 Å². The SMILES string of the molecule is O=C(Cc1coc(-c2ccccc2)n1)N1CCCc2cc(S(=O)(=O)N3CCCC3)ccc21. The van der Waals surface area contributed by atoms with Crippen LogP contribution >= 0.6 is 0 Å². The Hall–Kier alpha value is -2.97. The molecule has 166 valence electrons. The summed E-state index contributed by atoms with van der Waals surface area (Å²) in [4.78, 5) is 19.6. The summed E-state index contributed by atoms with van der Waals surface area (Å²) >= 11 is 0. The lowest BCUT2D eigenvalue weighted by molar-refractivity contribution is -0.118. The van der Waals surface area contributed by atoms with E-state index in [0.717, 1.165) is 42.5 Å². The summed E-state index contributed by atoms with van der Waals surface area (Å²) in [6, 6.07) is 14.7. The van der Waals surface area contributed by atoms with E-state index in [1.165, 1.54) is 6.26 Å². The molecule has 0 radical (unpaired) electrons. The van der Waals surface area contributed by atoms with E-state index in [-0.39, 0.29) is 12.3 Å². The Morgan fingerprint density at radius 1 is 1.00 bits per heavy atom. The van der Waals surface area contributed by atoms with Crippen LogP contribution in [-0.2, 0) is 27.7 Å². The molecule has 2 aliphatic rings. The zero-order valence-corrected chi connectivity index (χ0v) is 18.6. The third kappa shape index (κ3) is 3.96. The highest BCUT2D eigenvalue weighted by molar-refractivity contribution is 7.89. The Balaban J connectivity index is 1.35. The molecule has 0 N–H and O–H groups in total. The van der Waals surface area contributed by atoms with E-state index < -0.39 is 10.0 Å². The van der Waals surface area contributed by atoms with Crippen LogP contribution in [0.4, 0.5) is 5.69 Å². The lowest BCUT2D eigenvalue weighted by Crippen LogP contribution is -2.37. The first kappa shape index (κ1) is 20.9. The third-order valence-electron chi connectivity index (χ3n) is 6.08. The quantitative estimate of drug-likeness (QED) is 0.591. The van der Waals surface area contributed by atoms with Gasteiger partial charge in [-0.1, -0.05) is 18.2 Å². The average molecular weight is 452 g/mol. The Labute approximate surface area is 187 Å². The number of fused-ring (bicyclic) bond motifs is 1.